The Balaban J connectivity index is 1.66. The van der Waals surface area contributed by atoms with E-state index in [1.807, 2.05) is 17.0 Å². The van der Waals surface area contributed by atoms with Crippen molar-refractivity contribution in [2.24, 2.45) is 5.92 Å². The summed E-state index contributed by atoms with van der Waals surface area (Å²) in [5.41, 5.74) is 6.67. The summed E-state index contributed by atoms with van der Waals surface area (Å²) in [5.74, 6) is 0.856. The zero-order valence-corrected chi connectivity index (χ0v) is 19.1. The van der Waals surface area contributed by atoms with Crippen LogP contribution in [0.25, 0.3) is 0 Å². The molecule has 1 aromatic rings. The Bertz CT molecular complexity index is 848. The Morgan fingerprint density at radius 3 is 2.60 bits per heavy atom. The van der Waals surface area contributed by atoms with Gasteiger partial charge in [0.05, 0.1) is 6.67 Å². The number of carbonyl (C=O) groups excluding carboxylic acids is 1. The molecule has 4 heteroatoms. The van der Waals surface area contributed by atoms with E-state index in [0.29, 0.717) is 6.67 Å². The zero-order valence-electron chi connectivity index (χ0n) is 19.1. The van der Waals surface area contributed by atoms with Crippen molar-refractivity contribution in [2.45, 2.75) is 53.4 Å². The summed E-state index contributed by atoms with van der Waals surface area (Å²) in [6.07, 6.45) is 9.03. The van der Waals surface area contributed by atoms with Crippen LogP contribution < -0.4 is 5.32 Å². The molecule has 2 fully saturated rings. The minimum atomic E-state index is 0.123. The molecule has 1 amide bonds. The van der Waals surface area contributed by atoms with Crippen molar-refractivity contribution in [1.82, 2.24) is 9.80 Å². The number of rotatable bonds is 9. The molecule has 30 heavy (non-hydrogen) atoms. The van der Waals surface area contributed by atoms with Gasteiger partial charge in [0.1, 0.15) is 0 Å². The van der Waals surface area contributed by atoms with E-state index in [1.165, 1.54) is 24.0 Å². The van der Waals surface area contributed by atoms with Crippen molar-refractivity contribution in [3.63, 3.8) is 0 Å². The monoisotopic (exact) mass is 407 g/mol. The van der Waals surface area contributed by atoms with E-state index >= 15 is 0 Å². The number of aryl methyl sites for hydroxylation is 1. The first-order chi connectivity index (χ1) is 14.5. The Morgan fingerprint density at radius 1 is 1.23 bits per heavy atom. The number of nitrogens with zero attached hydrogens (tertiary/aromatic N) is 2. The molecular weight excluding hydrogens is 370 g/mol. The highest BCUT2D eigenvalue weighted by molar-refractivity contribution is 5.96. The van der Waals surface area contributed by atoms with E-state index < -0.39 is 0 Å². The van der Waals surface area contributed by atoms with Crippen molar-refractivity contribution in [1.29, 1.82) is 0 Å². The smallest absolute Gasteiger partial charge is 0.255 e. The lowest BCUT2D eigenvalue weighted by molar-refractivity contribution is 0.0773. The number of carbonyl (C=O) groups is 1. The second-order valence-electron chi connectivity index (χ2n) is 8.46. The molecule has 1 N–H and O–H groups in total. The molecule has 3 rings (SSSR count). The van der Waals surface area contributed by atoms with Gasteiger partial charge in [-0.25, -0.2) is 0 Å². The number of allylic oxidation sites excluding steroid dienone is 4. The number of amides is 1. The SMILES string of the molecule is C=C(/C(C)=C\C(=C/C)C1CC1)N1CCN(C(=O)c2ccc(NCCC)cc2CC)C1. The molecule has 1 aromatic carbocycles. The fourth-order valence-corrected chi connectivity index (χ4v) is 4.06. The predicted molar refractivity (Wildman–Crippen MR) is 127 cm³/mol. The molecule has 1 heterocycles. The molecule has 4 nitrogen and oxygen atoms in total. The van der Waals surface area contributed by atoms with Gasteiger partial charge in [-0.05, 0) is 80.4 Å². The lowest BCUT2D eigenvalue weighted by Gasteiger charge is -2.23. The summed E-state index contributed by atoms with van der Waals surface area (Å²) in [6, 6.07) is 6.13. The molecule has 1 aliphatic carbocycles. The van der Waals surface area contributed by atoms with Crippen molar-refractivity contribution in [3.8, 4) is 0 Å². The molecule has 0 atom stereocenters. The number of hydrogen-bond acceptors (Lipinski definition) is 3. The number of hydrogen-bond donors (Lipinski definition) is 1. The van der Waals surface area contributed by atoms with Crippen molar-refractivity contribution in [2.75, 3.05) is 31.6 Å². The van der Waals surface area contributed by atoms with Gasteiger partial charge in [-0.3, -0.25) is 4.79 Å². The third kappa shape index (κ3) is 5.16. The summed E-state index contributed by atoms with van der Waals surface area (Å²) >= 11 is 0. The maximum Gasteiger partial charge on any atom is 0.255 e. The highest BCUT2D eigenvalue weighted by Gasteiger charge is 2.28. The normalized spacial score (nSPS) is 17.5. The van der Waals surface area contributed by atoms with E-state index in [0.717, 1.165) is 60.9 Å². The van der Waals surface area contributed by atoms with Gasteiger partial charge in [0.2, 0.25) is 0 Å². The fourth-order valence-electron chi connectivity index (χ4n) is 4.06. The topological polar surface area (TPSA) is 35.6 Å². The van der Waals surface area contributed by atoms with Crippen LogP contribution in [0.5, 0.6) is 0 Å². The van der Waals surface area contributed by atoms with Gasteiger partial charge in [-0.2, -0.15) is 0 Å². The minimum absolute atomic E-state index is 0.123. The number of benzene rings is 1. The molecule has 0 spiro atoms. The standard InChI is InChI=1S/C26H37N3O/c1-6-13-27-24-11-12-25(22(8-3)17-24)26(30)29-15-14-28(18-29)20(5)19(4)16-21(7-2)23-9-10-23/h7,11-12,16-17,23,27H,5-6,8-10,13-15,18H2,1-4H3/b19-16-,21-7+. The fraction of sp³-hybridized carbons (Fsp3) is 0.500. The second-order valence-corrected chi connectivity index (χ2v) is 8.46. The van der Waals surface area contributed by atoms with Crippen LogP contribution in [-0.2, 0) is 6.42 Å². The van der Waals surface area contributed by atoms with Crippen LogP contribution >= 0.6 is 0 Å². The molecule has 0 unspecified atom stereocenters. The van der Waals surface area contributed by atoms with Gasteiger partial charge in [0.25, 0.3) is 5.91 Å². The molecule has 1 saturated carbocycles. The highest BCUT2D eigenvalue weighted by Crippen LogP contribution is 2.38. The lowest BCUT2D eigenvalue weighted by atomic mass is 10.0. The van der Waals surface area contributed by atoms with Crippen molar-refractivity contribution >= 4 is 11.6 Å². The summed E-state index contributed by atoms with van der Waals surface area (Å²) < 4.78 is 0. The van der Waals surface area contributed by atoms with Gasteiger partial charge < -0.3 is 15.1 Å². The van der Waals surface area contributed by atoms with Crippen LogP contribution in [0.4, 0.5) is 5.69 Å². The molecule has 1 saturated heterocycles. The summed E-state index contributed by atoms with van der Waals surface area (Å²) in [4.78, 5) is 17.4. The maximum atomic E-state index is 13.2. The van der Waals surface area contributed by atoms with E-state index in [4.69, 9.17) is 0 Å². The van der Waals surface area contributed by atoms with Gasteiger partial charge in [-0.15, -0.1) is 0 Å². The average molecular weight is 408 g/mol. The summed E-state index contributed by atoms with van der Waals surface area (Å²) in [7, 11) is 0. The van der Waals surface area contributed by atoms with Gasteiger partial charge in [-0.1, -0.05) is 32.6 Å². The van der Waals surface area contributed by atoms with E-state index in [1.54, 1.807) is 0 Å². The third-order valence-electron chi connectivity index (χ3n) is 6.17. The van der Waals surface area contributed by atoms with Crippen LogP contribution in [0.15, 0.2) is 53.8 Å². The van der Waals surface area contributed by atoms with Gasteiger partial charge >= 0.3 is 0 Å². The molecule has 162 valence electrons. The van der Waals surface area contributed by atoms with Gasteiger partial charge in [0, 0.05) is 36.6 Å². The van der Waals surface area contributed by atoms with Crippen LogP contribution in [-0.4, -0.2) is 42.0 Å². The molecule has 0 aromatic heterocycles. The first-order valence-electron chi connectivity index (χ1n) is 11.4. The molecular formula is C26H37N3O. The number of nitrogens with one attached hydrogen (secondary N) is 1. The lowest BCUT2D eigenvalue weighted by Crippen LogP contribution is -2.31. The Hall–Kier alpha value is -2.49. The first kappa shape index (κ1) is 22.2. The minimum Gasteiger partial charge on any atom is -0.385 e. The quantitative estimate of drug-likeness (QED) is 0.541. The zero-order chi connectivity index (χ0) is 21.7. The second kappa shape index (κ2) is 10.0. The number of anilines is 1. The Labute approximate surface area is 182 Å². The van der Waals surface area contributed by atoms with Crippen molar-refractivity contribution < 1.29 is 4.79 Å². The van der Waals surface area contributed by atoms with Gasteiger partial charge in [0.15, 0.2) is 0 Å². The van der Waals surface area contributed by atoms with Crippen LogP contribution in [0.3, 0.4) is 0 Å². The highest BCUT2D eigenvalue weighted by atomic mass is 16.2. The van der Waals surface area contributed by atoms with Crippen LogP contribution in [0, 0.1) is 5.92 Å². The molecule has 2 aliphatic rings. The summed E-state index contributed by atoms with van der Waals surface area (Å²) in [6.45, 7) is 16.0. The summed E-state index contributed by atoms with van der Waals surface area (Å²) in [5, 5.41) is 3.42. The van der Waals surface area contributed by atoms with Crippen molar-refractivity contribution in [3.05, 3.63) is 64.9 Å². The first-order valence-corrected chi connectivity index (χ1v) is 11.4. The molecule has 0 radical (unpaired) electrons. The Kier molecular flexibility index (Phi) is 7.41. The maximum absolute atomic E-state index is 13.2. The molecule has 0 bridgehead atoms. The van der Waals surface area contributed by atoms with Crippen LogP contribution in [0.1, 0.15) is 62.9 Å². The molecule has 1 aliphatic heterocycles. The average Bonchev–Trinajstić information content (AvgIpc) is 3.50. The predicted octanol–water partition coefficient (Wildman–Crippen LogP) is 5.60. The largest absolute Gasteiger partial charge is 0.385 e. The van der Waals surface area contributed by atoms with E-state index in [9.17, 15) is 4.79 Å². The Morgan fingerprint density at radius 2 is 1.97 bits per heavy atom. The van der Waals surface area contributed by atoms with E-state index in [2.05, 4.69) is 62.7 Å². The third-order valence-corrected chi connectivity index (χ3v) is 6.17. The van der Waals surface area contributed by atoms with E-state index in [-0.39, 0.29) is 5.91 Å². The van der Waals surface area contributed by atoms with Crippen LogP contribution in [0.2, 0.25) is 0 Å².